The molecule has 0 radical (unpaired) electrons. The van der Waals surface area contributed by atoms with E-state index < -0.39 is 42.1 Å². The largest absolute Gasteiger partial charge is 0.386 e. The van der Waals surface area contributed by atoms with Crippen molar-refractivity contribution < 1.29 is 28.8 Å². The van der Waals surface area contributed by atoms with Crippen LogP contribution >= 0.6 is 0 Å². The summed E-state index contributed by atoms with van der Waals surface area (Å²) in [4.78, 5) is 26.3. The number of aromatic amines is 1. The van der Waals surface area contributed by atoms with Gasteiger partial charge in [-0.15, -0.1) is 0 Å². The number of aliphatic hydroxyl groups is 1. The highest BCUT2D eigenvalue weighted by Crippen LogP contribution is 2.33. The maximum atomic E-state index is 12.3. The molecule has 0 bridgehead atoms. The first kappa shape index (κ1) is 21.7. The van der Waals surface area contributed by atoms with Gasteiger partial charge in [0.05, 0.1) is 6.61 Å². The Balaban J connectivity index is 1.51. The van der Waals surface area contributed by atoms with Crippen molar-refractivity contribution in [2.45, 2.75) is 82.6 Å². The van der Waals surface area contributed by atoms with E-state index in [4.69, 9.17) is 23.7 Å². The summed E-state index contributed by atoms with van der Waals surface area (Å²) in [5.41, 5.74) is -0.783. The van der Waals surface area contributed by atoms with E-state index in [1.54, 1.807) is 6.92 Å². The summed E-state index contributed by atoms with van der Waals surface area (Å²) in [5.74, 6) is 0. The lowest BCUT2D eigenvalue weighted by atomic mass is 10.1. The van der Waals surface area contributed by atoms with Crippen molar-refractivity contribution in [2.75, 3.05) is 19.8 Å². The highest BCUT2D eigenvalue weighted by molar-refractivity contribution is 5.03. The first-order valence-corrected chi connectivity index (χ1v) is 10.7. The molecule has 2 N–H and O–H groups in total. The lowest BCUT2D eigenvalue weighted by Crippen LogP contribution is -2.42. The summed E-state index contributed by atoms with van der Waals surface area (Å²) in [6.45, 7) is 2.99. The van der Waals surface area contributed by atoms with Crippen LogP contribution < -0.4 is 11.2 Å². The molecule has 10 nitrogen and oxygen atoms in total. The fourth-order valence-electron chi connectivity index (χ4n) is 4.07. The van der Waals surface area contributed by atoms with E-state index >= 15 is 0 Å². The fraction of sp³-hybridized carbons (Fsp3) is 0.800. The molecule has 4 rings (SSSR count). The average Bonchev–Trinajstić information content (AvgIpc) is 3.06. The van der Waals surface area contributed by atoms with Crippen LogP contribution in [0.3, 0.4) is 0 Å². The van der Waals surface area contributed by atoms with Gasteiger partial charge in [-0.2, -0.15) is 0 Å². The van der Waals surface area contributed by atoms with E-state index in [9.17, 15) is 14.7 Å². The summed E-state index contributed by atoms with van der Waals surface area (Å²) >= 11 is 0. The van der Waals surface area contributed by atoms with Gasteiger partial charge in [0.1, 0.15) is 18.3 Å². The number of rotatable bonds is 6. The van der Waals surface area contributed by atoms with Crippen LogP contribution in [0.2, 0.25) is 0 Å². The summed E-state index contributed by atoms with van der Waals surface area (Å²) < 4.78 is 30.4. The van der Waals surface area contributed by atoms with Gasteiger partial charge in [-0.05, 0) is 45.4 Å². The van der Waals surface area contributed by atoms with Gasteiger partial charge in [-0.1, -0.05) is 0 Å². The van der Waals surface area contributed by atoms with Gasteiger partial charge >= 0.3 is 5.69 Å². The first-order chi connectivity index (χ1) is 14.5. The number of ether oxygens (including phenoxy) is 5. The van der Waals surface area contributed by atoms with Crippen molar-refractivity contribution in [2.24, 2.45) is 0 Å². The van der Waals surface area contributed by atoms with E-state index in [0.717, 1.165) is 38.5 Å². The van der Waals surface area contributed by atoms with Crippen molar-refractivity contribution >= 4 is 0 Å². The summed E-state index contributed by atoms with van der Waals surface area (Å²) in [5, 5.41) is 11.0. The van der Waals surface area contributed by atoms with Crippen LogP contribution in [0.1, 0.15) is 50.3 Å². The maximum absolute atomic E-state index is 12.3. The fourth-order valence-corrected chi connectivity index (χ4v) is 4.07. The van der Waals surface area contributed by atoms with Crippen LogP contribution in [-0.2, 0) is 23.7 Å². The minimum Gasteiger partial charge on any atom is -0.386 e. The monoisotopic (exact) mass is 426 g/mol. The van der Waals surface area contributed by atoms with Crippen LogP contribution in [0.15, 0.2) is 15.8 Å². The molecular formula is C20H30N2O8. The standard InChI is InChI=1S/C20H30N2O8/c1-12-10-22(20(25)21-18(12)24)19-16(23)17(30-15-7-3-5-9-27-15)13(29-19)11-28-14-6-2-4-8-26-14/h10,13-17,19,23H,2-9,11H2,1H3,(H,21,24,25)/t13-,14?,15?,16?,17-,19-/m1/s1. The SMILES string of the molecule is Cc1cn([C@@H]2O[C@H](COC3CCCCO3)[C@@H](OC3CCCCO3)C2O)c(=O)[nH]c1=O. The Bertz CT molecular complexity index is 812. The van der Waals surface area contributed by atoms with Gasteiger partial charge in [-0.25, -0.2) is 4.79 Å². The Labute approximate surface area is 174 Å². The van der Waals surface area contributed by atoms with Gasteiger partial charge < -0.3 is 28.8 Å². The predicted octanol–water partition coefficient (Wildman–Crippen LogP) is 0.558. The van der Waals surface area contributed by atoms with Gasteiger partial charge in [-0.3, -0.25) is 14.3 Å². The predicted molar refractivity (Wildman–Crippen MR) is 104 cm³/mol. The lowest BCUT2D eigenvalue weighted by molar-refractivity contribution is -0.223. The van der Waals surface area contributed by atoms with Crippen molar-refractivity contribution in [1.82, 2.24) is 9.55 Å². The number of H-pyrrole nitrogens is 1. The zero-order valence-electron chi connectivity index (χ0n) is 17.2. The highest BCUT2D eigenvalue weighted by atomic mass is 16.7. The van der Waals surface area contributed by atoms with Crippen molar-refractivity contribution in [1.29, 1.82) is 0 Å². The molecule has 1 aromatic rings. The zero-order chi connectivity index (χ0) is 21.1. The lowest BCUT2D eigenvalue weighted by Gasteiger charge is -2.30. The van der Waals surface area contributed by atoms with Crippen molar-refractivity contribution in [3.8, 4) is 0 Å². The Morgan fingerprint density at radius 3 is 2.50 bits per heavy atom. The topological polar surface area (TPSA) is 121 Å². The number of aryl methyl sites for hydroxylation is 1. The van der Waals surface area contributed by atoms with Crippen molar-refractivity contribution in [3.05, 3.63) is 32.6 Å². The first-order valence-electron chi connectivity index (χ1n) is 10.7. The second-order valence-electron chi connectivity index (χ2n) is 8.06. The summed E-state index contributed by atoms with van der Waals surface area (Å²) in [6, 6.07) is 0. The third-order valence-electron chi connectivity index (χ3n) is 5.76. The number of nitrogens with zero attached hydrogens (tertiary/aromatic N) is 1. The summed E-state index contributed by atoms with van der Waals surface area (Å²) in [7, 11) is 0. The third kappa shape index (κ3) is 4.84. The Morgan fingerprint density at radius 2 is 1.83 bits per heavy atom. The molecule has 3 fully saturated rings. The molecule has 0 aliphatic carbocycles. The third-order valence-corrected chi connectivity index (χ3v) is 5.76. The highest BCUT2D eigenvalue weighted by Gasteiger charge is 2.47. The van der Waals surface area contributed by atoms with E-state index in [0.29, 0.717) is 18.8 Å². The molecule has 0 spiro atoms. The number of aromatic nitrogens is 2. The van der Waals surface area contributed by atoms with E-state index in [2.05, 4.69) is 4.98 Å². The Kier molecular flexibility index (Phi) is 7.01. The van der Waals surface area contributed by atoms with E-state index in [1.807, 2.05) is 0 Å². The number of nitrogens with one attached hydrogen (secondary N) is 1. The normalized spacial score (nSPS) is 34.9. The molecular weight excluding hydrogens is 396 g/mol. The van der Waals surface area contributed by atoms with Gasteiger partial charge in [0.2, 0.25) is 0 Å². The molecule has 0 aromatic carbocycles. The molecule has 3 unspecified atom stereocenters. The van der Waals surface area contributed by atoms with Crippen LogP contribution in [0.4, 0.5) is 0 Å². The smallest absolute Gasteiger partial charge is 0.330 e. The van der Waals surface area contributed by atoms with Crippen LogP contribution in [0.5, 0.6) is 0 Å². The molecule has 168 valence electrons. The van der Waals surface area contributed by atoms with Gasteiger partial charge in [0.25, 0.3) is 5.56 Å². The average molecular weight is 426 g/mol. The molecule has 10 heteroatoms. The number of hydrogen-bond acceptors (Lipinski definition) is 8. The van der Waals surface area contributed by atoms with Gasteiger partial charge in [0, 0.05) is 25.0 Å². The second-order valence-corrected chi connectivity index (χ2v) is 8.06. The van der Waals surface area contributed by atoms with Crippen LogP contribution in [0, 0.1) is 6.92 Å². The quantitative estimate of drug-likeness (QED) is 0.677. The summed E-state index contributed by atoms with van der Waals surface area (Å²) in [6.07, 6.45) is 2.63. The maximum Gasteiger partial charge on any atom is 0.330 e. The molecule has 1 aromatic heterocycles. The molecule has 30 heavy (non-hydrogen) atoms. The Hall–Kier alpha value is -1.56. The van der Waals surface area contributed by atoms with Crippen molar-refractivity contribution in [3.63, 3.8) is 0 Å². The van der Waals surface area contributed by atoms with E-state index in [1.165, 1.54) is 10.8 Å². The molecule has 6 atom stereocenters. The number of aliphatic hydroxyl groups excluding tert-OH is 1. The molecule has 3 saturated heterocycles. The van der Waals surface area contributed by atoms with Gasteiger partial charge in [0.15, 0.2) is 18.8 Å². The molecule has 4 heterocycles. The minimum atomic E-state index is -1.14. The minimum absolute atomic E-state index is 0.146. The second kappa shape index (κ2) is 9.71. The number of hydrogen-bond donors (Lipinski definition) is 2. The van der Waals surface area contributed by atoms with Crippen LogP contribution in [-0.4, -0.2) is 65.4 Å². The van der Waals surface area contributed by atoms with E-state index in [-0.39, 0.29) is 12.9 Å². The molecule has 0 saturated carbocycles. The van der Waals surface area contributed by atoms with Crippen LogP contribution in [0.25, 0.3) is 0 Å². The zero-order valence-corrected chi connectivity index (χ0v) is 17.2. The molecule has 3 aliphatic rings. The molecule has 3 aliphatic heterocycles. The molecule has 0 amide bonds. The Morgan fingerprint density at radius 1 is 1.13 bits per heavy atom.